The van der Waals surface area contributed by atoms with Gasteiger partial charge in [-0.25, -0.2) is 13.1 Å². The van der Waals surface area contributed by atoms with Crippen LogP contribution in [0.1, 0.15) is 39.9 Å². The van der Waals surface area contributed by atoms with Gasteiger partial charge in [0.05, 0.1) is 6.54 Å². The van der Waals surface area contributed by atoms with Crippen LogP contribution in [-0.4, -0.2) is 32.7 Å². The second-order valence-corrected chi connectivity index (χ2v) is 7.92. The van der Waals surface area contributed by atoms with Gasteiger partial charge in [0, 0.05) is 19.2 Å². The standard InChI is InChI=1S/C14H26N2O4S/c1-11(2)15-9-12-5-6-13(20-12)21(18,19)16-10-14(3,4)7-8-17/h5-6,11,15-17H,7-10H2,1-4H3. The van der Waals surface area contributed by atoms with E-state index in [9.17, 15) is 8.42 Å². The Morgan fingerprint density at radius 2 is 2.00 bits per heavy atom. The molecule has 0 bridgehead atoms. The van der Waals surface area contributed by atoms with Gasteiger partial charge in [0.1, 0.15) is 5.76 Å². The number of aliphatic hydroxyl groups excluding tert-OH is 1. The molecule has 0 aliphatic rings. The Bertz CT molecular complexity index is 535. The van der Waals surface area contributed by atoms with E-state index >= 15 is 0 Å². The summed E-state index contributed by atoms with van der Waals surface area (Å²) in [5.74, 6) is 0.582. The van der Waals surface area contributed by atoms with Crippen molar-refractivity contribution in [1.82, 2.24) is 10.0 Å². The Morgan fingerprint density at radius 1 is 1.33 bits per heavy atom. The van der Waals surface area contributed by atoms with Crippen LogP contribution < -0.4 is 10.0 Å². The Hall–Kier alpha value is -0.890. The van der Waals surface area contributed by atoms with E-state index in [1.807, 2.05) is 27.7 Å². The quantitative estimate of drug-likeness (QED) is 0.641. The fraction of sp³-hybridized carbons (Fsp3) is 0.714. The van der Waals surface area contributed by atoms with Gasteiger partial charge in [0.2, 0.25) is 5.09 Å². The normalized spacial score (nSPS) is 13.0. The van der Waals surface area contributed by atoms with E-state index in [4.69, 9.17) is 9.52 Å². The van der Waals surface area contributed by atoms with Crippen molar-refractivity contribution in [3.8, 4) is 0 Å². The number of furan rings is 1. The lowest BCUT2D eigenvalue weighted by Crippen LogP contribution is -2.34. The zero-order chi connectivity index (χ0) is 16.1. The fourth-order valence-electron chi connectivity index (χ4n) is 1.65. The molecule has 0 atom stereocenters. The lowest BCUT2D eigenvalue weighted by Gasteiger charge is -2.23. The molecule has 0 aromatic carbocycles. The molecule has 0 aliphatic heterocycles. The molecule has 0 aliphatic carbocycles. The molecule has 7 heteroatoms. The van der Waals surface area contributed by atoms with E-state index < -0.39 is 10.0 Å². The molecule has 1 rings (SSSR count). The summed E-state index contributed by atoms with van der Waals surface area (Å²) in [6.45, 7) is 8.56. The Balaban J connectivity index is 2.66. The van der Waals surface area contributed by atoms with Crippen molar-refractivity contribution in [1.29, 1.82) is 0 Å². The van der Waals surface area contributed by atoms with Crippen molar-refractivity contribution < 1.29 is 17.9 Å². The van der Waals surface area contributed by atoms with E-state index in [0.717, 1.165) is 0 Å². The first-order chi connectivity index (χ1) is 9.66. The van der Waals surface area contributed by atoms with Crippen LogP contribution in [-0.2, 0) is 16.6 Å². The van der Waals surface area contributed by atoms with Gasteiger partial charge in [0.15, 0.2) is 0 Å². The highest BCUT2D eigenvalue weighted by Crippen LogP contribution is 2.20. The fourth-order valence-corrected chi connectivity index (χ4v) is 2.84. The molecule has 21 heavy (non-hydrogen) atoms. The van der Waals surface area contributed by atoms with Gasteiger partial charge in [-0.05, 0) is 24.0 Å². The van der Waals surface area contributed by atoms with Crippen LogP contribution in [0.5, 0.6) is 0 Å². The van der Waals surface area contributed by atoms with Crippen LogP contribution in [0, 0.1) is 5.41 Å². The maximum atomic E-state index is 12.1. The van der Waals surface area contributed by atoms with Gasteiger partial charge in [0.25, 0.3) is 10.0 Å². The summed E-state index contributed by atoms with van der Waals surface area (Å²) in [4.78, 5) is 0. The molecule has 1 heterocycles. The summed E-state index contributed by atoms with van der Waals surface area (Å²) in [5.41, 5.74) is -0.309. The van der Waals surface area contributed by atoms with E-state index in [-0.39, 0.29) is 23.7 Å². The van der Waals surface area contributed by atoms with Gasteiger partial charge < -0.3 is 14.8 Å². The molecule has 6 nitrogen and oxygen atoms in total. The van der Waals surface area contributed by atoms with Gasteiger partial charge in [-0.2, -0.15) is 0 Å². The Labute approximate surface area is 127 Å². The summed E-state index contributed by atoms with van der Waals surface area (Å²) in [6, 6.07) is 3.41. The molecule has 1 aromatic rings. The largest absolute Gasteiger partial charge is 0.447 e. The highest BCUT2D eigenvalue weighted by Gasteiger charge is 2.24. The summed E-state index contributed by atoms with van der Waals surface area (Å²) >= 11 is 0. The van der Waals surface area contributed by atoms with Crippen LogP contribution in [0.25, 0.3) is 0 Å². The van der Waals surface area contributed by atoms with Crippen molar-refractivity contribution in [2.75, 3.05) is 13.2 Å². The molecule has 122 valence electrons. The van der Waals surface area contributed by atoms with Crippen LogP contribution in [0.4, 0.5) is 0 Å². The van der Waals surface area contributed by atoms with Crippen molar-refractivity contribution >= 4 is 10.0 Å². The van der Waals surface area contributed by atoms with Gasteiger partial charge in [-0.15, -0.1) is 0 Å². The molecule has 0 fully saturated rings. The van der Waals surface area contributed by atoms with Gasteiger partial charge in [-0.3, -0.25) is 0 Å². The van der Waals surface area contributed by atoms with Gasteiger partial charge >= 0.3 is 0 Å². The van der Waals surface area contributed by atoms with Crippen LogP contribution in [0.2, 0.25) is 0 Å². The van der Waals surface area contributed by atoms with E-state index in [1.54, 1.807) is 6.07 Å². The number of nitrogens with one attached hydrogen (secondary N) is 2. The van der Waals surface area contributed by atoms with Crippen LogP contribution in [0.3, 0.4) is 0 Å². The number of hydrogen-bond donors (Lipinski definition) is 3. The minimum atomic E-state index is -3.66. The minimum absolute atomic E-state index is 0.0283. The van der Waals surface area contributed by atoms with Crippen LogP contribution >= 0.6 is 0 Å². The maximum absolute atomic E-state index is 12.1. The van der Waals surface area contributed by atoms with Crippen molar-refractivity contribution in [2.45, 2.75) is 51.8 Å². The summed E-state index contributed by atoms with van der Waals surface area (Å²) in [7, 11) is -3.66. The molecule has 3 N–H and O–H groups in total. The topological polar surface area (TPSA) is 91.6 Å². The SMILES string of the molecule is CC(C)NCc1ccc(S(=O)(=O)NCC(C)(C)CCO)o1. The third kappa shape index (κ3) is 6.17. The first-order valence-corrected chi connectivity index (χ1v) is 8.57. The first-order valence-electron chi connectivity index (χ1n) is 7.09. The molecule has 0 amide bonds. The Morgan fingerprint density at radius 3 is 2.57 bits per heavy atom. The second-order valence-electron chi connectivity index (χ2n) is 6.22. The molecular formula is C14H26N2O4S. The predicted octanol–water partition coefficient (Wildman–Crippen LogP) is 1.46. The molecule has 0 saturated carbocycles. The highest BCUT2D eigenvalue weighted by atomic mass is 32.2. The lowest BCUT2D eigenvalue weighted by molar-refractivity contribution is 0.213. The maximum Gasteiger partial charge on any atom is 0.273 e. The van der Waals surface area contributed by atoms with Crippen LogP contribution in [0.15, 0.2) is 21.6 Å². The third-order valence-corrected chi connectivity index (χ3v) is 4.39. The molecular weight excluding hydrogens is 292 g/mol. The van der Waals surface area contributed by atoms with E-state index in [0.29, 0.717) is 24.8 Å². The second kappa shape index (κ2) is 7.40. The molecule has 0 radical (unpaired) electrons. The zero-order valence-corrected chi connectivity index (χ0v) is 14.0. The lowest BCUT2D eigenvalue weighted by atomic mass is 9.90. The number of sulfonamides is 1. The summed E-state index contributed by atoms with van der Waals surface area (Å²) in [6.07, 6.45) is 0.525. The monoisotopic (exact) mass is 318 g/mol. The van der Waals surface area contributed by atoms with Gasteiger partial charge in [-0.1, -0.05) is 27.7 Å². The van der Waals surface area contributed by atoms with Crippen molar-refractivity contribution in [2.24, 2.45) is 5.41 Å². The van der Waals surface area contributed by atoms with E-state index in [2.05, 4.69) is 10.0 Å². The molecule has 0 saturated heterocycles. The summed E-state index contributed by atoms with van der Waals surface area (Å²) < 4.78 is 32.2. The highest BCUT2D eigenvalue weighted by molar-refractivity contribution is 7.89. The number of aliphatic hydroxyl groups is 1. The van der Waals surface area contributed by atoms with Crippen molar-refractivity contribution in [3.05, 3.63) is 17.9 Å². The van der Waals surface area contributed by atoms with E-state index in [1.165, 1.54) is 6.07 Å². The average Bonchev–Trinajstić information content (AvgIpc) is 2.84. The summed E-state index contributed by atoms with van der Waals surface area (Å²) in [5, 5.41) is 12.0. The zero-order valence-electron chi connectivity index (χ0n) is 13.1. The van der Waals surface area contributed by atoms with Crippen molar-refractivity contribution in [3.63, 3.8) is 0 Å². The smallest absolute Gasteiger partial charge is 0.273 e. The number of hydrogen-bond acceptors (Lipinski definition) is 5. The minimum Gasteiger partial charge on any atom is -0.447 e. The predicted molar refractivity (Wildman–Crippen MR) is 81.4 cm³/mol. The average molecular weight is 318 g/mol. The first kappa shape index (κ1) is 18.2. The molecule has 1 aromatic heterocycles. The third-order valence-electron chi connectivity index (χ3n) is 3.12. The molecule has 0 spiro atoms. The molecule has 0 unspecified atom stereocenters. The number of rotatable bonds is 9. The Kier molecular flexibility index (Phi) is 6.40.